The van der Waals surface area contributed by atoms with Crippen LogP contribution in [0.4, 0.5) is 5.69 Å². The topological polar surface area (TPSA) is 78.1 Å². The molecule has 2 aromatic heterocycles. The number of benzene rings is 2. The minimum atomic E-state index is -0.150. The number of anilines is 1. The Kier molecular flexibility index (Phi) is 6.41. The van der Waals surface area contributed by atoms with Gasteiger partial charge in [0.05, 0.1) is 11.9 Å². The van der Waals surface area contributed by atoms with Crippen molar-refractivity contribution in [2.75, 3.05) is 18.9 Å². The Hall–Kier alpha value is -3.00. The summed E-state index contributed by atoms with van der Waals surface area (Å²) in [5.74, 6) is 0.341. The summed E-state index contributed by atoms with van der Waals surface area (Å²) in [6.45, 7) is 4.70. The molecule has 1 amide bonds. The monoisotopic (exact) mass is 466 g/mol. The predicted octanol–water partition coefficient (Wildman–Crippen LogP) is 4.99. The van der Waals surface area contributed by atoms with Gasteiger partial charge in [-0.1, -0.05) is 41.9 Å². The Morgan fingerprint density at radius 1 is 1.19 bits per heavy atom. The van der Waals surface area contributed by atoms with Gasteiger partial charge in [0.2, 0.25) is 5.91 Å². The lowest BCUT2D eigenvalue weighted by Gasteiger charge is -2.17. The molecule has 0 saturated heterocycles. The zero-order valence-electron chi connectivity index (χ0n) is 18.0. The van der Waals surface area contributed by atoms with Crippen molar-refractivity contribution < 1.29 is 4.79 Å². The van der Waals surface area contributed by atoms with E-state index in [1.54, 1.807) is 0 Å². The van der Waals surface area contributed by atoms with Crippen LogP contribution >= 0.6 is 22.9 Å². The number of carbonyl (C=O) groups is 1. The molecule has 4 aromatic rings. The summed E-state index contributed by atoms with van der Waals surface area (Å²) in [5, 5.41) is 4.24. The number of aromatic nitrogens is 2. The molecule has 0 atom stereocenters. The second kappa shape index (κ2) is 9.24. The third kappa shape index (κ3) is 4.75. The molecule has 2 aromatic carbocycles. The van der Waals surface area contributed by atoms with Gasteiger partial charge in [0.15, 0.2) is 0 Å². The highest BCUT2D eigenvalue weighted by molar-refractivity contribution is 7.18. The van der Waals surface area contributed by atoms with Gasteiger partial charge in [-0.25, -0.2) is 4.98 Å². The molecule has 0 radical (unpaired) electrons. The summed E-state index contributed by atoms with van der Waals surface area (Å²) >= 11 is 7.72. The number of fused-ring (bicyclic) bond motifs is 1. The van der Waals surface area contributed by atoms with E-state index in [2.05, 4.69) is 15.3 Å². The molecule has 4 rings (SSSR count). The first kappa shape index (κ1) is 22.2. The van der Waals surface area contributed by atoms with E-state index >= 15 is 0 Å². The summed E-state index contributed by atoms with van der Waals surface area (Å²) in [7, 11) is 1.87. The fourth-order valence-corrected chi connectivity index (χ4v) is 4.78. The molecule has 2 N–H and O–H groups in total. The minimum Gasteiger partial charge on any atom is -0.325 e. The maximum absolute atomic E-state index is 12.6. The Bertz CT molecular complexity index is 1360. The quantitative estimate of drug-likeness (QED) is 0.419. The van der Waals surface area contributed by atoms with Crippen LogP contribution in [0.15, 0.2) is 53.3 Å². The van der Waals surface area contributed by atoms with Crippen LogP contribution in [0.3, 0.4) is 0 Å². The maximum atomic E-state index is 12.6. The van der Waals surface area contributed by atoms with Crippen molar-refractivity contribution in [2.45, 2.75) is 20.4 Å². The first-order chi connectivity index (χ1) is 15.3. The van der Waals surface area contributed by atoms with Gasteiger partial charge in [-0.3, -0.25) is 14.5 Å². The summed E-state index contributed by atoms with van der Waals surface area (Å²) < 4.78 is 0. The van der Waals surface area contributed by atoms with Crippen molar-refractivity contribution >= 4 is 44.7 Å². The van der Waals surface area contributed by atoms with Crippen LogP contribution in [0.5, 0.6) is 0 Å². The predicted molar refractivity (Wildman–Crippen MR) is 132 cm³/mol. The molecular formula is C24H23ClN4O2S. The summed E-state index contributed by atoms with van der Waals surface area (Å²) in [4.78, 5) is 36.4. The molecule has 32 heavy (non-hydrogen) atoms. The fourth-order valence-electron chi connectivity index (χ4n) is 3.55. The lowest BCUT2D eigenvalue weighted by atomic mass is 10.1. The third-order valence-electron chi connectivity index (χ3n) is 5.27. The Labute approximate surface area is 194 Å². The number of nitrogens with one attached hydrogen (secondary N) is 2. The van der Waals surface area contributed by atoms with E-state index in [0.29, 0.717) is 28.5 Å². The van der Waals surface area contributed by atoms with E-state index in [0.717, 1.165) is 26.4 Å². The molecular weight excluding hydrogens is 444 g/mol. The number of nitrogens with zero attached hydrogens (tertiary/aromatic N) is 2. The Morgan fingerprint density at radius 2 is 1.97 bits per heavy atom. The molecule has 0 bridgehead atoms. The lowest BCUT2D eigenvalue weighted by molar-refractivity contribution is -0.117. The van der Waals surface area contributed by atoms with Gasteiger partial charge in [0.1, 0.15) is 10.7 Å². The van der Waals surface area contributed by atoms with E-state index in [1.807, 2.05) is 74.3 Å². The summed E-state index contributed by atoms with van der Waals surface area (Å²) in [6.07, 6.45) is 0. The second-order valence-corrected chi connectivity index (χ2v) is 9.38. The van der Waals surface area contributed by atoms with Gasteiger partial charge in [-0.05, 0) is 50.2 Å². The number of hydrogen-bond acceptors (Lipinski definition) is 5. The van der Waals surface area contributed by atoms with Crippen molar-refractivity contribution in [3.8, 4) is 11.4 Å². The van der Waals surface area contributed by atoms with Crippen molar-refractivity contribution in [1.82, 2.24) is 14.9 Å². The van der Waals surface area contributed by atoms with Crippen molar-refractivity contribution in [3.05, 3.63) is 79.9 Å². The number of carbonyl (C=O) groups excluding carboxylic acids is 1. The number of aryl methyl sites for hydroxylation is 2. The number of thiophene rings is 1. The van der Waals surface area contributed by atoms with Crippen molar-refractivity contribution in [1.29, 1.82) is 0 Å². The first-order valence-corrected chi connectivity index (χ1v) is 11.3. The zero-order chi connectivity index (χ0) is 22.8. The molecule has 164 valence electrons. The van der Waals surface area contributed by atoms with Gasteiger partial charge in [-0.2, -0.15) is 0 Å². The standard InChI is InChI=1S/C24H23ClN4O2S/c1-14-15(2)32-24-21(14)23(31)27-22(28-24)16-8-6-9-18(11-16)26-20(30)13-29(3)12-17-7-4-5-10-19(17)25/h4-11H,12-13H2,1-3H3,(H,26,30)(H,27,28,31). The highest BCUT2D eigenvalue weighted by Crippen LogP contribution is 2.28. The van der Waals surface area contributed by atoms with Gasteiger partial charge < -0.3 is 10.3 Å². The molecule has 6 nitrogen and oxygen atoms in total. The molecule has 0 aliphatic carbocycles. The number of halogens is 1. The molecule has 8 heteroatoms. The molecule has 0 spiro atoms. The van der Waals surface area contributed by atoms with E-state index in [4.69, 9.17) is 11.6 Å². The van der Waals surface area contributed by atoms with E-state index in [-0.39, 0.29) is 18.0 Å². The highest BCUT2D eigenvalue weighted by Gasteiger charge is 2.14. The number of hydrogen-bond donors (Lipinski definition) is 2. The number of likely N-dealkylation sites (N-methyl/N-ethyl adjacent to an activating group) is 1. The van der Waals surface area contributed by atoms with Gasteiger partial charge in [0, 0.05) is 27.7 Å². The Balaban J connectivity index is 1.48. The van der Waals surface area contributed by atoms with Crippen LogP contribution in [0.2, 0.25) is 5.02 Å². The van der Waals surface area contributed by atoms with Crippen LogP contribution < -0.4 is 10.9 Å². The van der Waals surface area contributed by atoms with E-state index in [1.165, 1.54) is 11.3 Å². The van der Waals surface area contributed by atoms with E-state index < -0.39 is 0 Å². The van der Waals surface area contributed by atoms with Crippen LogP contribution in [-0.4, -0.2) is 34.4 Å². The summed E-state index contributed by atoms with van der Waals surface area (Å²) in [5.41, 5.74) is 3.15. The second-order valence-electron chi connectivity index (χ2n) is 7.77. The average Bonchev–Trinajstić information content (AvgIpc) is 3.03. The molecule has 0 fully saturated rings. The van der Waals surface area contributed by atoms with Crippen molar-refractivity contribution in [2.24, 2.45) is 0 Å². The first-order valence-electron chi connectivity index (χ1n) is 10.1. The highest BCUT2D eigenvalue weighted by atomic mass is 35.5. The average molecular weight is 467 g/mol. The normalized spacial score (nSPS) is 11.3. The van der Waals surface area contributed by atoms with Crippen LogP contribution in [0.1, 0.15) is 16.0 Å². The molecule has 2 heterocycles. The van der Waals surface area contributed by atoms with Gasteiger partial charge in [0.25, 0.3) is 5.56 Å². The smallest absolute Gasteiger partial charge is 0.260 e. The number of rotatable bonds is 6. The Morgan fingerprint density at radius 3 is 2.75 bits per heavy atom. The molecule has 0 saturated carbocycles. The molecule has 0 aliphatic rings. The zero-order valence-corrected chi connectivity index (χ0v) is 19.6. The van der Waals surface area contributed by atoms with Crippen molar-refractivity contribution in [3.63, 3.8) is 0 Å². The number of amides is 1. The maximum Gasteiger partial charge on any atom is 0.260 e. The minimum absolute atomic E-state index is 0.141. The third-order valence-corrected chi connectivity index (χ3v) is 6.74. The SMILES string of the molecule is Cc1sc2nc(-c3cccc(NC(=O)CN(C)Cc4ccccc4Cl)c3)[nH]c(=O)c2c1C. The largest absolute Gasteiger partial charge is 0.325 e. The fraction of sp³-hybridized carbons (Fsp3) is 0.208. The van der Waals surface area contributed by atoms with Crippen LogP contribution in [0, 0.1) is 13.8 Å². The van der Waals surface area contributed by atoms with Crippen LogP contribution in [0.25, 0.3) is 21.6 Å². The number of H-pyrrole nitrogens is 1. The number of aromatic amines is 1. The van der Waals surface area contributed by atoms with Crippen LogP contribution in [-0.2, 0) is 11.3 Å². The molecule has 0 aliphatic heterocycles. The lowest BCUT2D eigenvalue weighted by Crippen LogP contribution is -2.29. The molecule has 0 unspecified atom stereocenters. The van der Waals surface area contributed by atoms with Gasteiger partial charge >= 0.3 is 0 Å². The van der Waals surface area contributed by atoms with Gasteiger partial charge in [-0.15, -0.1) is 11.3 Å². The summed E-state index contributed by atoms with van der Waals surface area (Å²) in [6, 6.07) is 14.9. The van der Waals surface area contributed by atoms with E-state index in [9.17, 15) is 9.59 Å².